The summed E-state index contributed by atoms with van der Waals surface area (Å²) in [5, 5.41) is 11.2. The number of piperidine rings is 2. The van der Waals surface area contributed by atoms with Crippen LogP contribution in [-0.4, -0.2) is 28.6 Å². The van der Waals surface area contributed by atoms with Gasteiger partial charge in [-0.3, -0.25) is 4.90 Å². The number of aromatic hydroxyl groups is 1. The zero-order chi connectivity index (χ0) is 17.8. The van der Waals surface area contributed by atoms with Gasteiger partial charge in [-0.05, 0) is 62.1 Å². The minimum Gasteiger partial charge on any atom is -0.508 e. The molecule has 1 aromatic heterocycles. The second kappa shape index (κ2) is 6.30. The van der Waals surface area contributed by atoms with Crippen molar-refractivity contribution < 1.29 is 9.52 Å². The number of nitrogens with zero attached hydrogens (tertiary/aromatic N) is 1. The van der Waals surface area contributed by atoms with Crippen LogP contribution in [0.4, 0.5) is 0 Å². The minimum atomic E-state index is 0.353. The van der Waals surface area contributed by atoms with Crippen LogP contribution in [0.15, 0.2) is 22.6 Å². The number of furan rings is 1. The van der Waals surface area contributed by atoms with Crippen molar-refractivity contribution in [3.8, 4) is 5.75 Å². The number of fused-ring (bicyclic) bond motifs is 4. The Morgan fingerprint density at radius 3 is 2.81 bits per heavy atom. The van der Waals surface area contributed by atoms with Crippen molar-refractivity contribution in [1.29, 1.82) is 0 Å². The maximum atomic E-state index is 10.0. The van der Waals surface area contributed by atoms with Gasteiger partial charge in [-0.2, -0.15) is 0 Å². The van der Waals surface area contributed by atoms with Crippen LogP contribution < -0.4 is 0 Å². The van der Waals surface area contributed by atoms with Gasteiger partial charge in [0.25, 0.3) is 0 Å². The summed E-state index contributed by atoms with van der Waals surface area (Å²) in [6.07, 6.45) is 8.92. The van der Waals surface area contributed by atoms with E-state index in [1.807, 2.05) is 12.1 Å². The summed E-state index contributed by atoms with van der Waals surface area (Å²) in [6.45, 7) is 5.94. The minimum absolute atomic E-state index is 0.353. The Bertz CT molecular complexity index is 810. The number of phenolic OH excluding ortho intramolecular Hbond substituents is 1. The monoisotopic (exact) mass is 353 g/mol. The second-order valence-electron chi connectivity index (χ2n) is 8.95. The zero-order valence-electron chi connectivity index (χ0n) is 16.1. The third-order valence-corrected chi connectivity index (χ3v) is 7.30. The number of rotatable bonds is 4. The number of hydrogen-bond donors (Lipinski definition) is 1. The molecule has 3 heteroatoms. The van der Waals surface area contributed by atoms with E-state index < -0.39 is 0 Å². The maximum Gasteiger partial charge on any atom is 0.134 e. The van der Waals surface area contributed by atoms with E-state index in [-0.39, 0.29) is 0 Å². The van der Waals surface area contributed by atoms with Gasteiger partial charge in [0, 0.05) is 35.5 Å². The van der Waals surface area contributed by atoms with E-state index in [2.05, 4.69) is 18.7 Å². The molecule has 3 nitrogen and oxygen atoms in total. The third-order valence-electron chi connectivity index (χ3n) is 7.30. The summed E-state index contributed by atoms with van der Waals surface area (Å²) in [5.74, 6) is 3.80. The zero-order valence-corrected chi connectivity index (χ0v) is 16.1. The highest BCUT2D eigenvalue weighted by atomic mass is 16.3. The molecule has 1 N–H and O–H groups in total. The molecular weight excluding hydrogens is 322 g/mol. The molecule has 0 spiro atoms. The molecule has 1 aliphatic carbocycles. The first-order valence-corrected chi connectivity index (χ1v) is 10.7. The van der Waals surface area contributed by atoms with E-state index in [4.69, 9.17) is 4.42 Å². The molecule has 1 aromatic carbocycles. The predicted octanol–water partition coefficient (Wildman–Crippen LogP) is 5.46. The summed E-state index contributed by atoms with van der Waals surface area (Å²) < 4.78 is 6.48. The van der Waals surface area contributed by atoms with Crippen molar-refractivity contribution in [2.24, 2.45) is 11.8 Å². The van der Waals surface area contributed by atoms with Crippen molar-refractivity contribution >= 4 is 11.0 Å². The normalized spacial score (nSPS) is 35.5. The predicted molar refractivity (Wildman–Crippen MR) is 105 cm³/mol. The van der Waals surface area contributed by atoms with Gasteiger partial charge in [0.1, 0.15) is 17.1 Å². The van der Waals surface area contributed by atoms with Crippen LogP contribution in [0.25, 0.3) is 11.0 Å². The Balaban J connectivity index is 1.66. The van der Waals surface area contributed by atoms with E-state index in [1.165, 1.54) is 56.4 Å². The standard InChI is InChI=1S/C23H31NO2/c1-3-5-15-9-14-10-20-22(15)24(13-14)16(6-4-2)11-19-18-12-17(25)7-8-21(18)26-23(19)20/h7-8,12,14-16,20,22,25H,3-6,9-11,13H2,1-2H3/t14?,15?,16-,20?,22-/m0/s1. The summed E-state index contributed by atoms with van der Waals surface area (Å²) in [7, 11) is 0. The van der Waals surface area contributed by atoms with Gasteiger partial charge in [-0.25, -0.2) is 0 Å². The summed E-state index contributed by atoms with van der Waals surface area (Å²) in [4.78, 5) is 2.89. The first-order valence-electron chi connectivity index (χ1n) is 10.7. The molecule has 4 aliphatic rings. The van der Waals surface area contributed by atoms with Crippen molar-refractivity contribution in [1.82, 2.24) is 4.90 Å². The second-order valence-corrected chi connectivity index (χ2v) is 8.95. The highest BCUT2D eigenvalue weighted by Crippen LogP contribution is 2.53. The molecule has 4 bridgehead atoms. The number of hydrogen-bond acceptors (Lipinski definition) is 3. The summed E-state index contributed by atoms with van der Waals surface area (Å²) in [5.41, 5.74) is 2.36. The van der Waals surface area contributed by atoms with Crippen molar-refractivity contribution in [3.63, 3.8) is 0 Å². The van der Waals surface area contributed by atoms with Crippen LogP contribution in [0.5, 0.6) is 5.75 Å². The summed E-state index contributed by atoms with van der Waals surface area (Å²) in [6, 6.07) is 6.92. The molecule has 4 heterocycles. The average molecular weight is 354 g/mol. The molecule has 26 heavy (non-hydrogen) atoms. The molecule has 4 unspecified atom stereocenters. The highest BCUT2D eigenvalue weighted by Gasteiger charge is 2.52. The Kier molecular flexibility index (Phi) is 4.04. The summed E-state index contributed by atoms with van der Waals surface area (Å²) >= 11 is 0. The van der Waals surface area contributed by atoms with Gasteiger partial charge in [-0.1, -0.05) is 26.7 Å². The molecule has 0 radical (unpaired) electrons. The Hall–Kier alpha value is -1.48. The molecule has 2 aromatic rings. The van der Waals surface area contributed by atoms with E-state index >= 15 is 0 Å². The van der Waals surface area contributed by atoms with Gasteiger partial charge >= 0.3 is 0 Å². The van der Waals surface area contributed by atoms with Crippen LogP contribution in [-0.2, 0) is 6.42 Å². The van der Waals surface area contributed by atoms with Gasteiger partial charge in [-0.15, -0.1) is 0 Å². The lowest BCUT2D eigenvalue weighted by atomic mass is 9.65. The Labute approximate surface area is 156 Å². The Morgan fingerprint density at radius 1 is 1.15 bits per heavy atom. The van der Waals surface area contributed by atoms with E-state index in [0.29, 0.717) is 23.8 Å². The van der Waals surface area contributed by atoms with Crippen LogP contribution in [0.1, 0.15) is 69.6 Å². The smallest absolute Gasteiger partial charge is 0.134 e. The maximum absolute atomic E-state index is 10.0. The van der Waals surface area contributed by atoms with E-state index in [1.54, 1.807) is 6.07 Å². The van der Waals surface area contributed by atoms with Crippen LogP contribution in [0, 0.1) is 11.8 Å². The quantitative estimate of drug-likeness (QED) is 0.793. The molecule has 3 fully saturated rings. The topological polar surface area (TPSA) is 36.6 Å². The van der Waals surface area contributed by atoms with Gasteiger partial charge in [0.05, 0.1) is 0 Å². The first kappa shape index (κ1) is 16.7. The molecule has 2 saturated heterocycles. The van der Waals surface area contributed by atoms with Gasteiger partial charge < -0.3 is 9.52 Å². The lowest BCUT2D eigenvalue weighted by Crippen LogP contribution is -2.59. The fourth-order valence-electron chi connectivity index (χ4n) is 6.50. The van der Waals surface area contributed by atoms with Crippen LogP contribution in [0.3, 0.4) is 0 Å². The molecular formula is C23H31NO2. The number of benzene rings is 1. The van der Waals surface area contributed by atoms with Crippen LogP contribution >= 0.6 is 0 Å². The molecule has 6 rings (SSSR count). The number of phenols is 1. The molecule has 1 saturated carbocycles. The fraction of sp³-hybridized carbons (Fsp3) is 0.652. The van der Waals surface area contributed by atoms with Crippen molar-refractivity contribution in [3.05, 3.63) is 29.5 Å². The highest BCUT2D eigenvalue weighted by molar-refractivity contribution is 5.84. The third kappa shape index (κ3) is 2.43. The lowest BCUT2D eigenvalue weighted by Gasteiger charge is -2.55. The molecule has 3 aliphatic heterocycles. The Morgan fingerprint density at radius 2 is 2.00 bits per heavy atom. The van der Waals surface area contributed by atoms with Gasteiger partial charge in [0.15, 0.2) is 0 Å². The SMILES string of the molecule is CCCC1CC2CC3c4oc5ccc(O)cc5c4C[C@H](CCC)N(C2)[C@@H]13. The van der Waals surface area contributed by atoms with Gasteiger partial charge in [0.2, 0.25) is 0 Å². The molecule has 6 atom stereocenters. The van der Waals surface area contributed by atoms with Crippen LogP contribution in [0.2, 0.25) is 0 Å². The fourth-order valence-corrected chi connectivity index (χ4v) is 6.50. The largest absolute Gasteiger partial charge is 0.508 e. The molecule has 0 amide bonds. The lowest BCUT2D eigenvalue weighted by molar-refractivity contribution is -0.0458. The van der Waals surface area contributed by atoms with E-state index in [9.17, 15) is 5.11 Å². The molecule has 140 valence electrons. The average Bonchev–Trinajstić information content (AvgIpc) is 2.95. The van der Waals surface area contributed by atoms with Crippen molar-refractivity contribution in [2.75, 3.05) is 6.54 Å². The van der Waals surface area contributed by atoms with Crippen molar-refractivity contribution in [2.45, 2.75) is 76.8 Å². The van der Waals surface area contributed by atoms with E-state index in [0.717, 1.165) is 29.2 Å². The first-order chi connectivity index (χ1) is 12.7.